The van der Waals surface area contributed by atoms with Gasteiger partial charge in [-0.1, -0.05) is 69.7 Å². The Morgan fingerprint density at radius 3 is 1.26 bits per heavy atom. The lowest BCUT2D eigenvalue weighted by Crippen LogP contribution is -2.01. The topological polar surface area (TPSA) is 52.6 Å². The molecule has 0 spiro atoms. The van der Waals surface area contributed by atoms with Gasteiger partial charge in [0, 0.05) is 0 Å². The first kappa shape index (κ1) is 27.7. The summed E-state index contributed by atoms with van der Waals surface area (Å²) < 4.78 is 36.6. The maximum atomic E-state index is 12.8. The molecule has 0 aliphatic heterocycles. The molecule has 5 heteroatoms. The lowest BCUT2D eigenvalue weighted by atomic mass is 10.0. The zero-order chi connectivity index (χ0) is 25.8. The van der Waals surface area contributed by atoms with E-state index in [1.807, 2.05) is 52.0 Å². The maximum absolute atomic E-state index is 12.8. The monoisotopic (exact) mass is 490 g/mol. The lowest BCUT2D eigenvalue weighted by molar-refractivity contribution is 0.414. The number of ether oxygens (including phenoxy) is 2. The van der Waals surface area contributed by atoms with Crippen molar-refractivity contribution in [3.8, 4) is 28.4 Å². The second kappa shape index (κ2) is 13.4. The molecule has 0 fully saturated rings. The molecule has 0 aliphatic carbocycles. The van der Waals surface area contributed by atoms with Gasteiger partial charge in [0.15, 0.2) is 0 Å². The van der Waals surface area contributed by atoms with E-state index in [1.165, 1.54) is 24.8 Å². The third-order valence-corrected chi connectivity index (χ3v) is 6.76. The zero-order valence-corrected chi connectivity index (χ0v) is 22.1. The van der Waals surface area contributed by atoms with Crippen LogP contribution in [0.1, 0.15) is 33.3 Å². The van der Waals surface area contributed by atoms with Crippen molar-refractivity contribution in [2.24, 2.45) is 0 Å². The summed E-state index contributed by atoms with van der Waals surface area (Å²) in [5, 5.41) is 0. The van der Waals surface area contributed by atoms with E-state index < -0.39 is 9.84 Å². The van der Waals surface area contributed by atoms with E-state index >= 15 is 0 Å². The van der Waals surface area contributed by atoms with Gasteiger partial charge in [-0.2, -0.15) is 0 Å². The second-order valence-electron chi connectivity index (χ2n) is 7.14. The van der Waals surface area contributed by atoms with Crippen molar-refractivity contribution in [2.75, 3.05) is 7.11 Å². The van der Waals surface area contributed by atoms with Gasteiger partial charge in [0.2, 0.25) is 9.84 Å². The van der Waals surface area contributed by atoms with E-state index in [0.717, 1.165) is 11.1 Å². The van der Waals surface area contributed by atoms with Crippen LogP contribution in [0.25, 0.3) is 11.1 Å². The van der Waals surface area contributed by atoms with Crippen molar-refractivity contribution in [1.29, 1.82) is 0 Å². The van der Waals surface area contributed by atoms with Gasteiger partial charge in [-0.3, -0.25) is 0 Å². The number of aryl methyl sites for hydroxylation is 1. The fourth-order valence-corrected chi connectivity index (χ4v) is 4.44. The Kier molecular flexibility index (Phi) is 10.6. The van der Waals surface area contributed by atoms with E-state index in [-0.39, 0.29) is 9.79 Å². The highest BCUT2D eigenvalue weighted by molar-refractivity contribution is 7.91. The van der Waals surface area contributed by atoms with Crippen LogP contribution in [0.3, 0.4) is 0 Å². The molecule has 4 nitrogen and oxygen atoms in total. The van der Waals surface area contributed by atoms with Gasteiger partial charge in [-0.15, -0.1) is 0 Å². The summed E-state index contributed by atoms with van der Waals surface area (Å²) >= 11 is 0. The van der Waals surface area contributed by atoms with Crippen LogP contribution in [0.15, 0.2) is 107 Å². The first-order valence-electron chi connectivity index (χ1n) is 11.8. The second-order valence-corrected chi connectivity index (χ2v) is 9.09. The number of sulfone groups is 1. The number of rotatable bonds is 6. The van der Waals surface area contributed by atoms with E-state index in [1.54, 1.807) is 36.4 Å². The van der Waals surface area contributed by atoms with Crippen molar-refractivity contribution in [3.05, 3.63) is 103 Å². The Balaban J connectivity index is 0.00000103. The summed E-state index contributed by atoms with van der Waals surface area (Å²) in [6.07, 6.45) is 0. The predicted molar refractivity (Wildman–Crippen MR) is 144 cm³/mol. The van der Waals surface area contributed by atoms with Crippen molar-refractivity contribution in [3.63, 3.8) is 0 Å². The summed E-state index contributed by atoms with van der Waals surface area (Å²) in [7, 11) is -2.06. The Bertz CT molecular complexity index is 1260. The molecule has 4 aromatic rings. The van der Waals surface area contributed by atoms with E-state index in [2.05, 4.69) is 31.2 Å². The van der Waals surface area contributed by atoms with Gasteiger partial charge in [-0.05, 0) is 78.7 Å². The molecule has 0 saturated heterocycles. The van der Waals surface area contributed by atoms with Crippen molar-refractivity contribution in [2.45, 2.75) is 44.4 Å². The number of hydrogen-bond acceptors (Lipinski definition) is 4. The Labute approximate surface area is 210 Å². The summed E-state index contributed by atoms with van der Waals surface area (Å²) in [6.45, 7) is 10.1. The lowest BCUT2D eigenvalue weighted by Gasteiger charge is -2.09. The normalized spacial score (nSPS) is 10.2. The van der Waals surface area contributed by atoms with Crippen LogP contribution in [0.4, 0.5) is 0 Å². The molecule has 4 rings (SSSR count). The smallest absolute Gasteiger partial charge is 0.206 e. The average Bonchev–Trinajstić information content (AvgIpc) is 2.92. The van der Waals surface area contributed by atoms with Crippen LogP contribution < -0.4 is 9.47 Å². The molecule has 0 heterocycles. The van der Waals surface area contributed by atoms with E-state index in [0.29, 0.717) is 17.2 Å². The standard InChI is InChI=1S/C26H22O4S.2C2H6/c1-19-3-5-20(6-4-19)21-7-9-23(10-8-21)30-24-13-17-26(18-14-24)31(27,28)25-15-11-22(29-2)12-16-25;2*1-2/h3-18H,1-2H3;2*1-2H3. The van der Waals surface area contributed by atoms with Gasteiger partial charge in [-0.25, -0.2) is 8.42 Å². The molecule has 184 valence electrons. The molecule has 4 aromatic carbocycles. The summed E-state index contributed by atoms with van der Waals surface area (Å²) in [5.41, 5.74) is 3.47. The minimum absolute atomic E-state index is 0.208. The van der Waals surface area contributed by atoms with Crippen LogP contribution in [-0.4, -0.2) is 15.5 Å². The average molecular weight is 491 g/mol. The van der Waals surface area contributed by atoms with Crippen molar-refractivity contribution < 1.29 is 17.9 Å². The largest absolute Gasteiger partial charge is 0.497 e. The first-order valence-corrected chi connectivity index (χ1v) is 13.3. The van der Waals surface area contributed by atoms with Gasteiger partial charge in [0.1, 0.15) is 17.2 Å². The molecule has 0 amide bonds. The molecular weight excluding hydrogens is 456 g/mol. The Morgan fingerprint density at radius 1 is 0.514 bits per heavy atom. The first-order chi connectivity index (χ1) is 17.0. The molecule has 0 atom stereocenters. The molecule has 0 N–H and O–H groups in total. The van der Waals surface area contributed by atoms with Crippen LogP contribution in [0.5, 0.6) is 17.2 Å². The molecule has 35 heavy (non-hydrogen) atoms. The van der Waals surface area contributed by atoms with Gasteiger partial charge in [0.05, 0.1) is 16.9 Å². The molecule has 0 radical (unpaired) electrons. The van der Waals surface area contributed by atoms with Gasteiger partial charge in [0.25, 0.3) is 0 Å². The third-order valence-electron chi connectivity index (χ3n) is 4.98. The van der Waals surface area contributed by atoms with Crippen LogP contribution in [0.2, 0.25) is 0 Å². The third kappa shape index (κ3) is 7.20. The highest BCUT2D eigenvalue weighted by Crippen LogP contribution is 2.28. The quantitative estimate of drug-likeness (QED) is 0.272. The van der Waals surface area contributed by atoms with Gasteiger partial charge < -0.3 is 9.47 Å². The zero-order valence-electron chi connectivity index (χ0n) is 21.3. The number of methoxy groups -OCH3 is 1. The highest BCUT2D eigenvalue weighted by atomic mass is 32.2. The maximum Gasteiger partial charge on any atom is 0.206 e. The van der Waals surface area contributed by atoms with Crippen molar-refractivity contribution in [1.82, 2.24) is 0 Å². The fraction of sp³-hybridized carbons (Fsp3) is 0.200. The van der Waals surface area contributed by atoms with Crippen LogP contribution in [-0.2, 0) is 9.84 Å². The van der Waals surface area contributed by atoms with Crippen molar-refractivity contribution >= 4 is 9.84 Å². The SMILES string of the molecule is CC.CC.COc1ccc(S(=O)(=O)c2ccc(Oc3ccc(-c4ccc(C)cc4)cc3)cc2)cc1. The summed E-state index contributed by atoms with van der Waals surface area (Å²) in [4.78, 5) is 0.424. The van der Waals surface area contributed by atoms with Crippen LogP contribution >= 0.6 is 0 Å². The van der Waals surface area contributed by atoms with Gasteiger partial charge >= 0.3 is 0 Å². The highest BCUT2D eigenvalue weighted by Gasteiger charge is 2.17. The molecular formula is C30H34O4S. The molecule has 0 aliphatic rings. The number of benzene rings is 4. The molecule has 0 unspecified atom stereocenters. The Hall–Kier alpha value is -3.57. The van der Waals surface area contributed by atoms with E-state index in [4.69, 9.17) is 9.47 Å². The summed E-state index contributed by atoms with van der Waals surface area (Å²) in [6, 6.07) is 28.9. The van der Waals surface area contributed by atoms with E-state index in [9.17, 15) is 8.42 Å². The fourth-order valence-electron chi connectivity index (χ4n) is 3.18. The minimum Gasteiger partial charge on any atom is -0.497 e. The van der Waals surface area contributed by atoms with Crippen LogP contribution in [0, 0.1) is 6.92 Å². The minimum atomic E-state index is -3.60. The molecule has 0 aromatic heterocycles. The molecule has 0 bridgehead atoms. The molecule has 0 saturated carbocycles. The summed E-state index contributed by atoms with van der Waals surface area (Å²) in [5.74, 6) is 1.86. The predicted octanol–water partition coefficient (Wildman–Crippen LogP) is 8.35. The Morgan fingerprint density at radius 2 is 0.857 bits per heavy atom. The number of hydrogen-bond donors (Lipinski definition) is 0.